The Morgan fingerprint density at radius 3 is 2.38 bits per heavy atom. The molecule has 0 saturated carbocycles. The maximum atomic E-state index is 6.18. The average Bonchev–Trinajstić information content (AvgIpc) is 2.06. The van der Waals surface area contributed by atoms with Gasteiger partial charge >= 0.3 is 0 Å². The molecule has 1 heterocycles. The van der Waals surface area contributed by atoms with E-state index in [2.05, 4.69) is 37.4 Å². The van der Waals surface area contributed by atoms with Crippen molar-refractivity contribution in [3.05, 3.63) is 34.9 Å². The maximum Gasteiger partial charge on any atom is 0.0662 e. The molecule has 0 unspecified atom stereocenters. The van der Waals surface area contributed by atoms with Crippen molar-refractivity contribution in [1.29, 1.82) is 0 Å². The molecule has 1 aliphatic rings. The monoisotopic (exact) mass is 176 g/mol. The Labute approximate surface area is 79.1 Å². The molecule has 1 aliphatic heterocycles. The minimum absolute atomic E-state index is 0.113. The van der Waals surface area contributed by atoms with Gasteiger partial charge in [-0.3, -0.25) is 0 Å². The summed E-state index contributed by atoms with van der Waals surface area (Å²) in [5, 5.41) is 3.21. The Balaban J connectivity index is 2.36. The third-order valence-electron chi connectivity index (χ3n) is 2.96. The van der Waals surface area contributed by atoms with E-state index < -0.39 is 0 Å². The predicted molar refractivity (Wildman–Crippen MR) is 54.7 cm³/mol. The molecular formula is C11H16N2. The fourth-order valence-electron chi connectivity index (χ4n) is 1.65. The number of hydrogen-bond acceptors (Lipinski definition) is 2. The van der Waals surface area contributed by atoms with Gasteiger partial charge in [0.25, 0.3) is 0 Å². The Bertz CT molecular complexity index is 327. The molecule has 1 saturated heterocycles. The quantitative estimate of drug-likeness (QED) is 0.671. The second-order valence-electron chi connectivity index (χ2n) is 4.06. The van der Waals surface area contributed by atoms with Gasteiger partial charge in [-0.25, -0.2) is 0 Å². The molecule has 2 heteroatoms. The Morgan fingerprint density at radius 1 is 1.23 bits per heavy atom. The van der Waals surface area contributed by atoms with Gasteiger partial charge in [-0.05, 0) is 30.5 Å². The molecular weight excluding hydrogens is 160 g/mol. The molecule has 2 rings (SSSR count). The summed E-state index contributed by atoms with van der Waals surface area (Å²) in [6.45, 7) is 6.06. The SMILES string of the molecule is Cc1ccc(C2(N)CNC2)cc1C. The van der Waals surface area contributed by atoms with Crippen LogP contribution in [0, 0.1) is 13.8 Å². The number of nitrogens with two attached hydrogens (primary N) is 1. The minimum Gasteiger partial charge on any atom is -0.319 e. The van der Waals surface area contributed by atoms with Gasteiger partial charge < -0.3 is 11.1 Å². The van der Waals surface area contributed by atoms with Crippen LogP contribution in [0.1, 0.15) is 16.7 Å². The lowest BCUT2D eigenvalue weighted by molar-refractivity contribution is 0.287. The lowest BCUT2D eigenvalue weighted by Crippen LogP contribution is -2.62. The fourth-order valence-corrected chi connectivity index (χ4v) is 1.65. The molecule has 2 nitrogen and oxygen atoms in total. The van der Waals surface area contributed by atoms with Gasteiger partial charge in [-0.15, -0.1) is 0 Å². The molecule has 0 aliphatic carbocycles. The van der Waals surface area contributed by atoms with Crippen molar-refractivity contribution in [2.75, 3.05) is 13.1 Å². The highest BCUT2D eigenvalue weighted by Gasteiger charge is 2.34. The van der Waals surface area contributed by atoms with E-state index in [1.807, 2.05) is 0 Å². The molecule has 0 radical (unpaired) electrons. The first kappa shape index (κ1) is 8.73. The average molecular weight is 176 g/mol. The molecule has 0 bridgehead atoms. The van der Waals surface area contributed by atoms with Crippen LogP contribution in [0.3, 0.4) is 0 Å². The first-order valence-electron chi connectivity index (χ1n) is 4.69. The molecule has 13 heavy (non-hydrogen) atoms. The van der Waals surface area contributed by atoms with Crippen LogP contribution in [-0.4, -0.2) is 13.1 Å². The normalized spacial score (nSPS) is 19.6. The van der Waals surface area contributed by atoms with Crippen LogP contribution in [0.15, 0.2) is 18.2 Å². The fraction of sp³-hybridized carbons (Fsp3) is 0.455. The molecule has 3 N–H and O–H groups in total. The molecule has 1 aromatic carbocycles. The molecule has 0 atom stereocenters. The Kier molecular flexibility index (Phi) is 1.90. The third-order valence-corrected chi connectivity index (χ3v) is 2.96. The van der Waals surface area contributed by atoms with Gasteiger partial charge in [0, 0.05) is 13.1 Å². The lowest BCUT2D eigenvalue weighted by atomic mass is 9.84. The van der Waals surface area contributed by atoms with Crippen molar-refractivity contribution in [3.63, 3.8) is 0 Å². The lowest BCUT2D eigenvalue weighted by Gasteiger charge is -2.39. The van der Waals surface area contributed by atoms with E-state index in [9.17, 15) is 0 Å². The summed E-state index contributed by atoms with van der Waals surface area (Å²) in [5.74, 6) is 0. The Morgan fingerprint density at radius 2 is 1.92 bits per heavy atom. The van der Waals surface area contributed by atoms with E-state index >= 15 is 0 Å². The minimum atomic E-state index is -0.113. The number of rotatable bonds is 1. The molecule has 0 spiro atoms. The van der Waals surface area contributed by atoms with E-state index in [1.54, 1.807) is 0 Å². The van der Waals surface area contributed by atoms with E-state index in [1.165, 1.54) is 16.7 Å². The van der Waals surface area contributed by atoms with Crippen molar-refractivity contribution < 1.29 is 0 Å². The smallest absolute Gasteiger partial charge is 0.0662 e. The van der Waals surface area contributed by atoms with E-state index in [0.717, 1.165) is 13.1 Å². The van der Waals surface area contributed by atoms with Crippen LogP contribution >= 0.6 is 0 Å². The van der Waals surface area contributed by atoms with E-state index in [0.29, 0.717) is 0 Å². The summed E-state index contributed by atoms with van der Waals surface area (Å²) < 4.78 is 0. The Hall–Kier alpha value is -0.860. The van der Waals surface area contributed by atoms with Crippen LogP contribution in [0.4, 0.5) is 0 Å². The first-order valence-corrected chi connectivity index (χ1v) is 4.69. The summed E-state index contributed by atoms with van der Waals surface area (Å²) in [7, 11) is 0. The van der Waals surface area contributed by atoms with Crippen molar-refractivity contribution >= 4 is 0 Å². The van der Waals surface area contributed by atoms with Crippen LogP contribution in [0.2, 0.25) is 0 Å². The summed E-state index contributed by atoms with van der Waals surface area (Å²) in [4.78, 5) is 0. The van der Waals surface area contributed by atoms with E-state index in [-0.39, 0.29) is 5.54 Å². The van der Waals surface area contributed by atoms with Crippen LogP contribution in [0.5, 0.6) is 0 Å². The van der Waals surface area contributed by atoms with Crippen LogP contribution < -0.4 is 11.1 Å². The van der Waals surface area contributed by atoms with Crippen LogP contribution in [-0.2, 0) is 5.54 Å². The van der Waals surface area contributed by atoms with Gasteiger partial charge in [-0.2, -0.15) is 0 Å². The summed E-state index contributed by atoms with van der Waals surface area (Å²) in [6.07, 6.45) is 0. The molecule has 70 valence electrons. The van der Waals surface area contributed by atoms with Gasteiger partial charge in [0.05, 0.1) is 5.54 Å². The van der Waals surface area contributed by atoms with Crippen molar-refractivity contribution in [2.45, 2.75) is 19.4 Å². The zero-order valence-corrected chi connectivity index (χ0v) is 8.22. The molecule has 0 aromatic heterocycles. The molecule has 1 aromatic rings. The second kappa shape index (κ2) is 2.82. The largest absolute Gasteiger partial charge is 0.319 e. The summed E-state index contributed by atoms with van der Waals surface area (Å²) in [6, 6.07) is 6.50. The summed E-state index contributed by atoms with van der Waals surface area (Å²) >= 11 is 0. The van der Waals surface area contributed by atoms with Gasteiger partial charge in [-0.1, -0.05) is 18.2 Å². The van der Waals surface area contributed by atoms with Gasteiger partial charge in [0.1, 0.15) is 0 Å². The highest BCUT2D eigenvalue weighted by Crippen LogP contribution is 2.24. The van der Waals surface area contributed by atoms with Crippen molar-refractivity contribution in [2.24, 2.45) is 5.73 Å². The highest BCUT2D eigenvalue weighted by atomic mass is 15.1. The summed E-state index contributed by atoms with van der Waals surface area (Å²) in [5.41, 5.74) is 9.99. The number of nitrogens with one attached hydrogen (secondary N) is 1. The van der Waals surface area contributed by atoms with Gasteiger partial charge in [0.15, 0.2) is 0 Å². The van der Waals surface area contributed by atoms with E-state index in [4.69, 9.17) is 5.73 Å². The predicted octanol–water partition coefficient (Wildman–Crippen LogP) is 1.06. The number of hydrogen-bond donors (Lipinski definition) is 2. The number of benzene rings is 1. The number of aryl methyl sites for hydroxylation is 2. The topological polar surface area (TPSA) is 38.0 Å². The molecule has 1 fully saturated rings. The maximum absolute atomic E-state index is 6.18. The zero-order chi connectivity index (χ0) is 9.47. The standard InChI is InChI=1S/C11H16N2/c1-8-3-4-10(5-9(8)2)11(12)6-13-7-11/h3-5,13H,6-7,12H2,1-2H3. The second-order valence-corrected chi connectivity index (χ2v) is 4.06. The first-order chi connectivity index (χ1) is 6.12. The zero-order valence-electron chi connectivity index (χ0n) is 8.22. The molecule has 0 amide bonds. The highest BCUT2D eigenvalue weighted by molar-refractivity contribution is 5.35. The van der Waals surface area contributed by atoms with Crippen molar-refractivity contribution in [1.82, 2.24) is 5.32 Å². The van der Waals surface area contributed by atoms with Crippen molar-refractivity contribution in [3.8, 4) is 0 Å². The van der Waals surface area contributed by atoms with Crippen LogP contribution in [0.25, 0.3) is 0 Å². The third kappa shape index (κ3) is 1.36. The van der Waals surface area contributed by atoms with Gasteiger partial charge in [0.2, 0.25) is 0 Å².